The zero-order chi connectivity index (χ0) is 44.8. The van der Waals surface area contributed by atoms with Gasteiger partial charge in [-0.3, -0.25) is 18.6 Å². The fourth-order valence-corrected chi connectivity index (χ4v) is 7.76. The van der Waals surface area contributed by atoms with Crippen LogP contribution in [0.2, 0.25) is 0 Å². The van der Waals surface area contributed by atoms with Crippen LogP contribution in [0.1, 0.15) is 232 Å². The van der Waals surface area contributed by atoms with Crippen LogP contribution >= 0.6 is 7.82 Å². The Morgan fingerprint density at radius 1 is 0.525 bits per heavy atom. The van der Waals surface area contributed by atoms with Gasteiger partial charge in [-0.1, -0.05) is 192 Å². The molecule has 3 atom stereocenters. The van der Waals surface area contributed by atoms with E-state index < -0.39 is 45.1 Å². The second-order valence-corrected chi connectivity index (χ2v) is 18.4. The first-order valence-electron chi connectivity index (χ1n) is 25.0. The van der Waals surface area contributed by atoms with Gasteiger partial charge in [-0.15, -0.1) is 0 Å². The van der Waals surface area contributed by atoms with Gasteiger partial charge in [-0.05, 0) is 70.6 Å². The van der Waals surface area contributed by atoms with Crippen LogP contribution in [0.5, 0.6) is 0 Å². The summed E-state index contributed by atoms with van der Waals surface area (Å²) in [6, 6.07) is -1.47. The molecule has 0 fully saturated rings. The molecule has 3 unspecified atom stereocenters. The van der Waals surface area contributed by atoms with Crippen molar-refractivity contribution in [2.45, 2.75) is 244 Å². The number of aliphatic carboxylic acids is 1. The SMILES string of the molecule is CCCCC/C=C\C/C=C\CCCCCCCCCCCC(=O)OC(COCCCCCCCCCCCC/C=C\CCCCCCCC)COP(=O)(O)OCC(N)C(=O)O. The van der Waals surface area contributed by atoms with Gasteiger partial charge in [-0.25, -0.2) is 4.57 Å². The molecule has 61 heavy (non-hydrogen) atoms. The summed E-state index contributed by atoms with van der Waals surface area (Å²) >= 11 is 0. The Morgan fingerprint density at radius 3 is 1.38 bits per heavy atom. The number of esters is 1. The summed E-state index contributed by atoms with van der Waals surface area (Å²) in [7, 11) is -4.62. The van der Waals surface area contributed by atoms with E-state index in [1.54, 1.807) is 0 Å². The summed E-state index contributed by atoms with van der Waals surface area (Å²) < 4.78 is 33.5. The molecule has 0 rings (SSSR count). The normalized spacial score (nSPS) is 14.0. The average Bonchev–Trinajstić information content (AvgIpc) is 3.24. The number of phosphoric ester groups is 1. The maximum Gasteiger partial charge on any atom is 0.472 e. The molecule has 0 aliphatic rings. The molecule has 0 saturated carbocycles. The van der Waals surface area contributed by atoms with Crippen LogP contribution in [0.4, 0.5) is 0 Å². The van der Waals surface area contributed by atoms with E-state index >= 15 is 0 Å². The quantitative estimate of drug-likeness (QED) is 0.0233. The summed E-state index contributed by atoms with van der Waals surface area (Å²) in [6.45, 7) is 3.88. The number of carbonyl (C=O) groups is 2. The van der Waals surface area contributed by atoms with Gasteiger partial charge in [0.1, 0.15) is 12.1 Å². The number of rotatable bonds is 48. The van der Waals surface area contributed by atoms with Gasteiger partial charge in [0.25, 0.3) is 0 Å². The Labute approximate surface area is 374 Å². The molecular weight excluding hydrogens is 790 g/mol. The first-order valence-corrected chi connectivity index (χ1v) is 26.5. The number of allylic oxidation sites excluding steroid dienone is 6. The Morgan fingerprint density at radius 2 is 0.902 bits per heavy atom. The highest BCUT2D eigenvalue weighted by Gasteiger charge is 2.27. The van der Waals surface area contributed by atoms with E-state index in [1.807, 2.05) is 0 Å². The van der Waals surface area contributed by atoms with Crippen molar-refractivity contribution in [3.05, 3.63) is 36.5 Å². The molecule has 4 N–H and O–H groups in total. The van der Waals surface area contributed by atoms with E-state index in [0.29, 0.717) is 13.0 Å². The molecular formula is C50H94NO9P. The Bertz CT molecular complexity index is 1110. The van der Waals surface area contributed by atoms with Crippen molar-refractivity contribution >= 4 is 19.8 Å². The van der Waals surface area contributed by atoms with Crippen LogP contribution in [0, 0.1) is 0 Å². The molecule has 10 nitrogen and oxygen atoms in total. The molecule has 0 bridgehead atoms. The highest BCUT2D eigenvalue weighted by molar-refractivity contribution is 7.47. The molecule has 0 aliphatic heterocycles. The summed E-state index contributed by atoms with van der Waals surface area (Å²) in [5, 5.41) is 8.92. The topological polar surface area (TPSA) is 155 Å². The third-order valence-electron chi connectivity index (χ3n) is 10.9. The minimum atomic E-state index is -4.62. The van der Waals surface area contributed by atoms with Crippen molar-refractivity contribution < 1.29 is 42.7 Å². The van der Waals surface area contributed by atoms with E-state index in [-0.39, 0.29) is 13.0 Å². The molecule has 0 amide bonds. The molecule has 0 aromatic carbocycles. The molecule has 0 radical (unpaired) electrons. The third kappa shape index (κ3) is 46.0. The largest absolute Gasteiger partial charge is 0.480 e. The van der Waals surface area contributed by atoms with Gasteiger partial charge in [0, 0.05) is 13.0 Å². The lowest BCUT2D eigenvalue weighted by molar-refractivity contribution is -0.154. The number of carbonyl (C=O) groups excluding carboxylic acids is 1. The summed E-state index contributed by atoms with van der Waals surface area (Å²) in [5.74, 6) is -1.78. The lowest BCUT2D eigenvalue weighted by Gasteiger charge is -2.20. The zero-order valence-corrected chi connectivity index (χ0v) is 40.2. The number of carboxylic acid groups (broad SMARTS) is 1. The number of hydrogen-bond donors (Lipinski definition) is 3. The molecule has 0 aliphatic carbocycles. The van der Waals surface area contributed by atoms with E-state index in [2.05, 4.69) is 50.3 Å². The van der Waals surface area contributed by atoms with Crippen LogP contribution in [0.15, 0.2) is 36.5 Å². The smallest absolute Gasteiger partial charge is 0.472 e. The van der Waals surface area contributed by atoms with Gasteiger partial charge in [0.2, 0.25) is 0 Å². The van der Waals surface area contributed by atoms with Crippen LogP contribution in [-0.2, 0) is 32.7 Å². The number of ether oxygens (including phenoxy) is 2. The monoisotopic (exact) mass is 884 g/mol. The maximum atomic E-state index is 12.7. The van der Waals surface area contributed by atoms with Crippen LogP contribution in [-0.4, -0.2) is 60.5 Å². The molecule has 0 aromatic rings. The van der Waals surface area contributed by atoms with E-state index in [0.717, 1.165) is 51.4 Å². The van der Waals surface area contributed by atoms with E-state index in [9.17, 15) is 19.0 Å². The minimum absolute atomic E-state index is 0.0160. The Hall–Kier alpha value is -1.81. The summed E-state index contributed by atoms with van der Waals surface area (Å²) in [5.41, 5.74) is 5.37. The van der Waals surface area contributed by atoms with E-state index in [1.165, 1.54) is 154 Å². The predicted octanol–water partition coefficient (Wildman–Crippen LogP) is 14.4. The standard InChI is InChI=1S/C50H94NO9P/c1-3-5-7-9-11-13-15-17-19-21-23-25-27-29-31-33-35-37-39-41-43-57-44-47(45-58-61(55,56)59-46-48(51)50(53)54)60-49(52)42-40-38-36-34-32-30-28-26-24-22-20-18-16-14-12-10-8-6-4-2/h12,14,17-20,47-48H,3-11,13,15-16,21-46,51H2,1-2H3,(H,53,54)(H,55,56)/b14-12-,19-17-,20-18-. The van der Waals surface area contributed by atoms with Gasteiger partial charge in [-0.2, -0.15) is 0 Å². The maximum absolute atomic E-state index is 12.7. The van der Waals surface area contributed by atoms with Gasteiger partial charge < -0.3 is 25.2 Å². The van der Waals surface area contributed by atoms with Gasteiger partial charge in [0.05, 0.1) is 19.8 Å². The first kappa shape index (κ1) is 59.2. The lowest BCUT2D eigenvalue weighted by Crippen LogP contribution is -2.34. The Kier molecular flexibility index (Phi) is 44.8. The molecule has 0 aromatic heterocycles. The van der Waals surface area contributed by atoms with Gasteiger partial charge in [0.15, 0.2) is 0 Å². The third-order valence-corrected chi connectivity index (χ3v) is 11.8. The molecule has 11 heteroatoms. The predicted molar refractivity (Wildman–Crippen MR) is 254 cm³/mol. The second kappa shape index (κ2) is 46.2. The average molecular weight is 884 g/mol. The molecule has 0 heterocycles. The number of nitrogens with two attached hydrogens (primary N) is 1. The number of phosphoric acid groups is 1. The van der Waals surface area contributed by atoms with Crippen LogP contribution in [0.25, 0.3) is 0 Å². The summed E-state index contributed by atoms with van der Waals surface area (Å²) in [6.07, 6.45) is 53.4. The fraction of sp³-hybridized carbons (Fsp3) is 0.840. The van der Waals surface area contributed by atoms with E-state index in [4.69, 9.17) is 29.4 Å². The fourth-order valence-electron chi connectivity index (χ4n) is 6.98. The van der Waals surface area contributed by atoms with Crippen molar-refractivity contribution in [2.75, 3.05) is 26.4 Å². The van der Waals surface area contributed by atoms with Crippen molar-refractivity contribution in [2.24, 2.45) is 5.73 Å². The van der Waals surface area contributed by atoms with Crippen molar-refractivity contribution in [1.82, 2.24) is 0 Å². The Balaban J connectivity index is 4.15. The van der Waals surface area contributed by atoms with Crippen LogP contribution < -0.4 is 5.73 Å². The molecule has 0 spiro atoms. The highest BCUT2D eigenvalue weighted by atomic mass is 31.2. The molecule has 0 saturated heterocycles. The first-order chi connectivity index (χ1) is 29.7. The molecule has 358 valence electrons. The van der Waals surface area contributed by atoms with Crippen LogP contribution in [0.3, 0.4) is 0 Å². The van der Waals surface area contributed by atoms with Gasteiger partial charge >= 0.3 is 19.8 Å². The summed E-state index contributed by atoms with van der Waals surface area (Å²) in [4.78, 5) is 33.7. The zero-order valence-electron chi connectivity index (χ0n) is 39.3. The van der Waals surface area contributed by atoms with Crippen molar-refractivity contribution in [3.63, 3.8) is 0 Å². The second-order valence-electron chi connectivity index (χ2n) is 16.9. The number of hydrogen-bond acceptors (Lipinski definition) is 8. The number of carboxylic acids is 1. The minimum Gasteiger partial charge on any atom is -0.480 e. The lowest BCUT2D eigenvalue weighted by atomic mass is 10.1. The van der Waals surface area contributed by atoms with Crippen molar-refractivity contribution in [3.8, 4) is 0 Å². The van der Waals surface area contributed by atoms with Crippen molar-refractivity contribution in [1.29, 1.82) is 0 Å². The highest BCUT2D eigenvalue weighted by Crippen LogP contribution is 2.43. The number of unbranched alkanes of at least 4 members (excludes halogenated alkanes) is 28.